The molecule has 2 unspecified atom stereocenters. The summed E-state index contributed by atoms with van der Waals surface area (Å²) in [7, 11) is 0. The van der Waals surface area contributed by atoms with E-state index in [-0.39, 0.29) is 18.1 Å². The smallest absolute Gasteiger partial charge is 0.303 e. The SMILES string of the molecule is CC/C=C\CC1C=CC(=O)C1CCCCCCCC(=O)O. The van der Waals surface area contributed by atoms with Gasteiger partial charge in [-0.25, -0.2) is 0 Å². The molecular weight excluding hydrogens is 264 g/mol. The fraction of sp³-hybridized carbons (Fsp3) is 0.667. The first-order valence-corrected chi connectivity index (χ1v) is 8.24. The van der Waals surface area contributed by atoms with Gasteiger partial charge in [0.1, 0.15) is 0 Å². The van der Waals surface area contributed by atoms with E-state index in [1.807, 2.05) is 0 Å². The molecule has 0 fully saturated rings. The van der Waals surface area contributed by atoms with Crippen molar-refractivity contribution in [3.05, 3.63) is 24.3 Å². The molecule has 3 nitrogen and oxygen atoms in total. The van der Waals surface area contributed by atoms with Gasteiger partial charge < -0.3 is 5.11 Å². The molecule has 0 saturated heterocycles. The Morgan fingerprint density at radius 3 is 2.62 bits per heavy atom. The summed E-state index contributed by atoms with van der Waals surface area (Å²) in [4.78, 5) is 22.3. The first kappa shape index (κ1) is 17.7. The molecule has 0 bridgehead atoms. The summed E-state index contributed by atoms with van der Waals surface area (Å²) in [5.74, 6) is 0.134. The lowest BCUT2D eigenvalue weighted by atomic mass is 9.87. The van der Waals surface area contributed by atoms with E-state index >= 15 is 0 Å². The molecule has 2 atom stereocenters. The van der Waals surface area contributed by atoms with Crippen molar-refractivity contribution in [3.8, 4) is 0 Å². The molecule has 21 heavy (non-hydrogen) atoms. The van der Waals surface area contributed by atoms with Crippen LogP contribution in [0, 0.1) is 11.8 Å². The average molecular weight is 292 g/mol. The van der Waals surface area contributed by atoms with Crippen molar-refractivity contribution in [2.24, 2.45) is 11.8 Å². The Labute approximate surface area is 128 Å². The maximum atomic E-state index is 11.9. The molecule has 1 aliphatic carbocycles. The van der Waals surface area contributed by atoms with Gasteiger partial charge >= 0.3 is 5.97 Å². The Morgan fingerprint density at radius 2 is 1.90 bits per heavy atom. The number of carboxylic acids is 1. The second kappa shape index (κ2) is 10.4. The van der Waals surface area contributed by atoms with Crippen LogP contribution in [0.5, 0.6) is 0 Å². The molecule has 0 aromatic heterocycles. The number of hydrogen-bond donors (Lipinski definition) is 1. The van der Waals surface area contributed by atoms with E-state index in [4.69, 9.17) is 5.11 Å². The maximum Gasteiger partial charge on any atom is 0.303 e. The third-order valence-electron chi connectivity index (χ3n) is 4.11. The molecule has 0 aromatic rings. The van der Waals surface area contributed by atoms with Gasteiger partial charge in [0, 0.05) is 12.3 Å². The molecule has 0 saturated carbocycles. The second-order valence-corrected chi connectivity index (χ2v) is 5.85. The lowest BCUT2D eigenvalue weighted by molar-refractivity contribution is -0.137. The minimum Gasteiger partial charge on any atom is -0.481 e. The van der Waals surface area contributed by atoms with Gasteiger partial charge in [-0.3, -0.25) is 9.59 Å². The zero-order valence-electron chi connectivity index (χ0n) is 13.1. The van der Waals surface area contributed by atoms with Gasteiger partial charge in [0.15, 0.2) is 5.78 Å². The van der Waals surface area contributed by atoms with Gasteiger partial charge in [-0.05, 0) is 37.7 Å². The molecule has 1 N–H and O–H groups in total. The summed E-state index contributed by atoms with van der Waals surface area (Å²) < 4.78 is 0. The molecule has 3 heteroatoms. The first-order chi connectivity index (χ1) is 10.1. The highest BCUT2D eigenvalue weighted by atomic mass is 16.4. The van der Waals surface area contributed by atoms with Gasteiger partial charge in [-0.15, -0.1) is 0 Å². The van der Waals surface area contributed by atoms with Crippen LogP contribution in [-0.4, -0.2) is 16.9 Å². The van der Waals surface area contributed by atoms with Crippen molar-refractivity contribution in [2.45, 2.75) is 64.7 Å². The predicted octanol–water partition coefficient (Wildman–Crippen LogP) is 4.53. The van der Waals surface area contributed by atoms with Crippen molar-refractivity contribution >= 4 is 11.8 Å². The number of aliphatic carboxylic acids is 1. The fourth-order valence-corrected chi connectivity index (χ4v) is 2.88. The second-order valence-electron chi connectivity index (χ2n) is 5.85. The Morgan fingerprint density at radius 1 is 1.19 bits per heavy atom. The molecule has 0 amide bonds. The van der Waals surface area contributed by atoms with Crippen molar-refractivity contribution in [1.29, 1.82) is 0 Å². The van der Waals surface area contributed by atoms with E-state index in [1.54, 1.807) is 6.08 Å². The molecule has 0 spiro atoms. The number of rotatable bonds is 11. The van der Waals surface area contributed by atoms with Gasteiger partial charge in [0.05, 0.1) is 0 Å². The molecule has 118 valence electrons. The van der Waals surface area contributed by atoms with Crippen molar-refractivity contribution in [2.75, 3.05) is 0 Å². The van der Waals surface area contributed by atoms with Gasteiger partial charge in [0.2, 0.25) is 0 Å². The minimum atomic E-state index is -0.708. The number of carboxylic acid groups (broad SMARTS) is 1. The van der Waals surface area contributed by atoms with Crippen LogP contribution < -0.4 is 0 Å². The number of carbonyl (C=O) groups excluding carboxylic acids is 1. The van der Waals surface area contributed by atoms with E-state index in [9.17, 15) is 9.59 Å². The van der Waals surface area contributed by atoms with Gasteiger partial charge in [-0.2, -0.15) is 0 Å². The zero-order valence-corrected chi connectivity index (χ0v) is 13.1. The highest BCUT2D eigenvalue weighted by Gasteiger charge is 2.28. The highest BCUT2D eigenvalue weighted by Crippen LogP contribution is 2.30. The number of unbranched alkanes of at least 4 members (excludes halogenated alkanes) is 4. The topological polar surface area (TPSA) is 54.4 Å². The van der Waals surface area contributed by atoms with Crippen LogP contribution in [0.1, 0.15) is 64.7 Å². The minimum absolute atomic E-state index is 0.172. The van der Waals surface area contributed by atoms with Crippen molar-refractivity contribution < 1.29 is 14.7 Å². The third-order valence-corrected chi connectivity index (χ3v) is 4.11. The molecule has 0 radical (unpaired) electrons. The van der Waals surface area contributed by atoms with Crippen LogP contribution in [0.25, 0.3) is 0 Å². The monoisotopic (exact) mass is 292 g/mol. The maximum absolute atomic E-state index is 11.9. The van der Waals surface area contributed by atoms with E-state index in [1.165, 1.54) is 0 Å². The quantitative estimate of drug-likeness (QED) is 0.449. The lowest BCUT2D eigenvalue weighted by Gasteiger charge is -2.16. The van der Waals surface area contributed by atoms with Crippen LogP contribution >= 0.6 is 0 Å². The summed E-state index contributed by atoms with van der Waals surface area (Å²) in [6.07, 6.45) is 16.4. The molecular formula is C18H28O3. The fourth-order valence-electron chi connectivity index (χ4n) is 2.88. The molecule has 0 heterocycles. The third kappa shape index (κ3) is 7.26. The number of hydrogen-bond acceptors (Lipinski definition) is 2. The Hall–Kier alpha value is -1.38. The lowest BCUT2D eigenvalue weighted by Crippen LogP contribution is -2.15. The normalized spacial score (nSPS) is 21.5. The van der Waals surface area contributed by atoms with Crippen molar-refractivity contribution in [3.63, 3.8) is 0 Å². The predicted molar refractivity (Wildman–Crippen MR) is 85.1 cm³/mol. The Balaban J connectivity index is 2.15. The highest BCUT2D eigenvalue weighted by molar-refractivity contribution is 5.94. The van der Waals surface area contributed by atoms with E-state index in [2.05, 4.69) is 25.2 Å². The molecule has 0 aliphatic heterocycles. The van der Waals surface area contributed by atoms with Crippen LogP contribution in [0.3, 0.4) is 0 Å². The molecule has 1 aliphatic rings. The van der Waals surface area contributed by atoms with Crippen molar-refractivity contribution in [1.82, 2.24) is 0 Å². The number of allylic oxidation sites excluding steroid dienone is 4. The largest absolute Gasteiger partial charge is 0.481 e. The van der Waals surface area contributed by atoms with E-state index in [0.717, 1.165) is 51.4 Å². The number of ketones is 1. The average Bonchev–Trinajstić information content (AvgIpc) is 2.79. The number of carbonyl (C=O) groups is 2. The Kier molecular flexibility index (Phi) is 8.72. The first-order valence-electron chi connectivity index (χ1n) is 8.24. The summed E-state index contributed by atoms with van der Waals surface area (Å²) >= 11 is 0. The van der Waals surface area contributed by atoms with E-state index in [0.29, 0.717) is 5.92 Å². The van der Waals surface area contributed by atoms with Crippen LogP contribution in [0.4, 0.5) is 0 Å². The summed E-state index contributed by atoms with van der Waals surface area (Å²) in [5, 5.41) is 8.56. The van der Waals surface area contributed by atoms with Gasteiger partial charge in [-0.1, -0.05) is 50.8 Å². The van der Waals surface area contributed by atoms with Crippen LogP contribution in [-0.2, 0) is 9.59 Å². The molecule has 0 aromatic carbocycles. The van der Waals surface area contributed by atoms with Gasteiger partial charge in [0.25, 0.3) is 0 Å². The Bertz CT molecular complexity index is 382. The summed E-state index contributed by atoms with van der Waals surface area (Å²) in [6.45, 7) is 2.12. The zero-order chi connectivity index (χ0) is 15.5. The summed E-state index contributed by atoms with van der Waals surface area (Å²) in [5.41, 5.74) is 0. The summed E-state index contributed by atoms with van der Waals surface area (Å²) in [6, 6.07) is 0. The van der Waals surface area contributed by atoms with Crippen LogP contribution in [0.15, 0.2) is 24.3 Å². The van der Waals surface area contributed by atoms with E-state index < -0.39 is 5.97 Å². The van der Waals surface area contributed by atoms with Crippen LogP contribution in [0.2, 0.25) is 0 Å². The standard InChI is InChI=1S/C18H28O3/c1-2-3-7-10-15-13-14-17(19)16(15)11-8-5-4-6-9-12-18(20)21/h3,7,13-16H,2,4-6,8-12H2,1H3,(H,20,21)/b7-3-. The molecule has 1 rings (SSSR count).